The maximum Gasteiger partial charge on any atom is 0.259 e. The van der Waals surface area contributed by atoms with Crippen LogP contribution in [-0.4, -0.2) is 89.9 Å². The number of amides is 3. The summed E-state index contributed by atoms with van der Waals surface area (Å²) in [6.45, 7) is 16.3. The Labute approximate surface area is 304 Å². The molecule has 2 atom stereocenters. The quantitative estimate of drug-likeness (QED) is 0.112. The predicted molar refractivity (Wildman–Crippen MR) is 196 cm³/mol. The van der Waals surface area contributed by atoms with Crippen molar-refractivity contribution >= 4 is 34.9 Å². The van der Waals surface area contributed by atoms with E-state index in [1.54, 1.807) is 25.1 Å². The lowest BCUT2D eigenvalue weighted by Gasteiger charge is -2.34. The first-order chi connectivity index (χ1) is 25.0. The minimum absolute atomic E-state index is 0.0288. The molecule has 0 radical (unpaired) electrons. The van der Waals surface area contributed by atoms with Gasteiger partial charge in [0.05, 0.1) is 13.2 Å². The molecule has 2 heterocycles. The number of carbonyl (C=O) groups excluding carboxylic acids is 4. The summed E-state index contributed by atoms with van der Waals surface area (Å²) >= 11 is 0. The molecule has 2 saturated heterocycles. The second-order valence-electron chi connectivity index (χ2n) is 13.8. The first-order valence-electron chi connectivity index (χ1n) is 17.7. The highest BCUT2D eigenvalue weighted by atomic mass is 16.5. The zero-order valence-corrected chi connectivity index (χ0v) is 29.9. The van der Waals surface area contributed by atoms with E-state index in [9.17, 15) is 24.3 Å². The van der Waals surface area contributed by atoms with E-state index in [1.165, 1.54) is 6.92 Å². The lowest BCUT2D eigenvalue weighted by molar-refractivity contribution is -0.138. The zero-order valence-electron chi connectivity index (χ0n) is 29.9. The molecule has 2 fully saturated rings. The first-order valence-corrected chi connectivity index (χ1v) is 17.7. The molecule has 0 saturated carbocycles. The Morgan fingerprint density at radius 3 is 2.44 bits per heavy atom. The second kappa shape index (κ2) is 17.9. The van der Waals surface area contributed by atoms with E-state index in [-0.39, 0.29) is 43.5 Å². The summed E-state index contributed by atoms with van der Waals surface area (Å²) in [5, 5.41) is 15.8. The molecule has 12 heteroatoms. The number of anilines is 1. The van der Waals surface area contributed by atoms with Gasteiger partial charge >= 0.3 is 0 Å². The molecule has 0 aromatic heterocycles. The number of ether oxygens (including phenoxy) is 2. The number of aliphatic hydroxyl groups is 1. The summed E-state index contributed by atoms with van der Waals surface area (Å²) < 4.78 is 11.7. The van der Waals surface area contributed by atoms with Crippen LogP contribution in [0.25, 0.3) is 4.85 Å². The highest BCUT2D eigenvalue weighted by Gasteiger charge is 2.32. The van der Waals surface area contributed by atoms with Gasteiger partial charge in [0.2, 0.25) is 11.8 Å². The van der Waals surface area contributed by atoms with Gasteiger partial charge in [-0.25, -0.2) is 4.85 Å². The Bertz CT molecular complexity index is 1780. The molecule has 2 aliphatic heterocycles. The number of hydrogen-bond acceptors (Lipinski definition) is 9. The van der Waals surface area contributed by atoms with Crippen LogP contribution in [0.3, 0.4) is 0 Å². The van der Waals surface area contributed by atoms with Gasteiger partial charge in [-0.15, -0.1) is 0 Å². The van der Waals surface area contributed by atoms with Crippen LogP contribution in [0.1, 0.15) is 49.3 Å². The van der Waals surface area contributed by atoms with E-state index in [4.69, 9.17) is 16.0 Å². The Morgan fingerprint density at radius 1 is 0.981 bits per heavy atom. The third-order valence-electron chi connectivity index (χ3n) is 9.39. The molecule has 52 heavy (non-hydrogen) atoms. The molecule has 12 nitrogen and oxygen atoms in total. The van der Waals surface area contributed by atoms with Crippen molar-refractivity contribution < 1.29 is 33.8 Å². The van der Waals surface area contributed by atoms with Gasteiger partial charge in [0.1, 0.15) is 23.9 Å². The molecule has 2 aliphatic rings. The van der Waals surface area contributed by atoms with Crippen LogP contribution in [0.5, 0.6) is 11.5 Å². The first kappa shape index (κ1) is 38.1. The number of Topliss-reactive ketones (excluding diaryl/α,β-unsaturated/α-hetero) is 1. The van der Waals surface area contributed by atoms with Crippen LogP contribution in [0, 0.1) is 19.4 Å². The highest BCUT2D eigenvalue weighted by Crippen LogP contribution is 2.24. The van der Waals surface area contributed by atoms with Crippen molar-refractivity contribution in [2.75, 3.05) is 51.3 Å². The van der Waals surface area contributed by atoms with Gasteiger partial charge in [0.15, 0.2) is 11.3 Å². The topological polar surface area (TPSA) is 142 Å². The van der Waals surface area contributed by atoms with E-state index in [0.717, 1.165) is 68.1 Å². The predicted octanol–water partition coefficient (Wildman–Crippen LogP) is 4.46. The maximum absolute atomic E-state index is 12.7. The highest BCUT2D eigenvalue weighted by molar-refractivity contribution is 6.00. The fourth-order valence-corrected chi connectivity index (χ4v) is 6.27. The SMILES string of the molecule is [C-]#[N+]c1ccc(NC(=O)[C@@](C)(O)COc2ccc(CN3CCN(CCCOc4cccc(CC(=O)CC5CCC(=O)NC5=O)c4)CC3)cc2)cc1C. The van der Waals surface area contributed by atoms with Crippen molar-refractivity contribution in [3.05, 3.63) is 94.8 Å². The van der Waals surface area contributed by atoms with Crippen LogP contribution < -0.4 is 20.1 Å². The van der Waals surface area contributed by atoms with E-state index < -0.39 is 17.4 Å². The lowest BCUT2D eigenvalue weighted by Crippen LogP contribution is -2.46. The summed E-state index contributed by atoms with van der Waals surface area (Å²) in [5.41, 5.74) is 2.00. The molecule has 5 rings (SSSR count). The molecule has 274 valence electrons. The number of hydrogen-bond donors (Lipinski definition) is 3. The lowest BCUT2D eigenvalue weighted by atomic mass is 9.91. The van der Waals surface area contributed by atoms with Gasteiger partial charge < -0.3 is 24.8 Å². The average Bonchev–Trinajstić information content (AvgIpc) is 3.12. The van der Waals surface area contributed by atoms with Crippen molar-refractivity contribution in [3.63, 3.8) is 0 Å². The monoisotopic (exact) mass is 709 g/mol. The molecule has 3 aromatic rings. The average molecular weight is 710 g/mol. The van der Waals surface area contributed by atoms with E-state index in [1.807, 2.05) is 48.5 Å². The number of ketones is 1. The number of rotatable bonds is 16. The van der Waals surface area contributed by atoms with Crippen LogP contribution in [-0.2, 0) is 32.1 Å². The van der Waals surface area contributed by atoms with Crippen LogP contribution in [0.4, 0.5) is 11.4 Å². The van der Waals surface area contributed by atoms with Gasteiger partial charge in [-0.3, -0.25) is 29.4 Å². The summed E-state index contributed by atoms with van der Waals surface area (Å²) in [5.74, 6) is -0.407. The molecular formula is C40H47N5O7. The van der Waals surface area contributed by atoms with E-state index in [0.29, 0.717) is 30.2 Å². The number of nitrogens with one attached hydrogen (secondary N) is 2. The van der Waals surface area contributed by atoms with Crippen molar-refractivity contribution in [3.8, 4) is 11.5 Å². The van der Waals surface area contributed by atoms with Crippen molar-refractivity contribution in [1.82, 2.24) is 15.1 Å². The molecular weight excluding hydrogens is 662 g/mol. The summed E-state index contributed by atoms with van der Waals surface area (Å²) in [6.07, 6.45) is 1.93. The summed E-state index contributed by atoms with van der Waals surface area (Å²) in [6, 6.07) is 20.2. The Balaban J connectivity index is 0.959. The number of piperazine rings is 1. The molecule has 0 spiro atoms. The Kier molecular flexibility index (Phi) is 13.1. The van der Waals surface area contributed by atoms with Gasteiger partial charge in [-0.1, -0.05) is 30.3 Å². The van der Waals surface area contributed by atoms with Crippen LogP contribution >= 0.6 is 0 Å². The fraction of sp³-hybridized carbons (Fsp3) is 0.425. The molecule has 1 unspecified atom stereocenters. The van der Waals surface area contributed by atoms with Crippen LogP contribution in [0.2, 0.25) is 0 Å². The second-order valence-corrected chi connectivity index (χ2v) is 13.8. The van der Waals surface area contributed by atoms with Gasteiger partial charge in [0.25, 0.3) is 5.91 Å². The Hall–Kier alpha value is -5.09. The fourth-order valence-electron chi connectivity index (χ4n) is 6.27. The summed E-state index contributed by atoms with van der Waals surface area (Å²) in [4.78, 5) is 56.9. The van der Waals surface area contributed by atoms with Crippen molar-refractivity contribution in [2.45, 2.75) is 58.1 Å². The molecule has 3 amide bonds. The normalized spacial score (nSPS) is 17.8. The number of piperidine rings is 1. The maximum atomic E-state index is 12.7. The number of carbonyl (C=O) groups is 4. The third kappa shape index (κ3) is 11.2. The number of aryl methyl sites for hydroxylation is 1. The van der Waals surface area contributed by atoms with Gasteiger partial charge in [0, 0.05) is 70.1 Å². The third-order valence-corrected chi connectivity index (χ3v) is 9.39. The molecule has 3 N–H and O–H groups in total. The molecule has 0 aliphatic carbocycles. The minimum Gasteiger partial charge on any atom is -0.494 e. The zero-order chi connectivity index (χ0) is 37.1. The molecule has 3 aromatic carbocycles. The number of nitrogens with zero attached hydrogens (tertiary/aromatic N) is 3. The van der Waals surface area contributed by atoms with E-state index >= 15 is 0 Å². The minimum atomic E-state index is -1.76. The molecule has 0 bridgehead atoms. The van der Waals surface area contributed by atoms with E-state index in [2.05, 4.69) is 25.3 Å². The standard InChI is InChI=1S/C40H47N5O7/c1-28-22-32(11-14-36(28)41-3)42-39(49)40(2,50)27-52-34-12-8-29(9-13-34)26-45-19-17-44(18-20-45)16-5-21-51-35-7-4-6-30(24-35)23-33(46)25-31-10-15-37(47)43-38(31)48/h4,6-9,11-14,22,24,31,50H,5,10,15-21,23,25-27H2,1-2H3,(H,42,49)(H,43,47,48)/t31?,40-/m0/s1. The Morgan fingerprint density at radius 2 is 1.73 bits per heavy atom. The van der Waals surface area contributed by atoms with Crippen molar-refractivity contribution in [2.24, 2.45) is 5.92 Å². The number of imide groups is 1. The van der Waals surface area contributed by atoms with Gasteiger partial charge in [-0.2, -0.15) is 0 Å². The van der Waals surface area contributed by atoms with Crippen LogP contribution in [0.15, 0.2) is 66.7 Å². The smallest absolute Gasteiger partial charge is 0.259 e. The summed E-state index contributed by atoms with van der Waals surface area (Å²) in [7, 11) is 0. The van der Waals surface area contributed by atoms with Crippen molar-refractivity contribution in [1.29, 1.82) is 0 Å². The number of benzene rings is 3. The van der Waals surface area contributed by atoms with Gasteiger partial charge in [-0.05, 0) is 79.8 Å². The largest absolute Gasteiger partial charge is 0.494 e.